The summed E-state index contributed by atoms with van der Waals surface area (Å²) in [5, 5.41) is 3.39. The minimum Gasteiger partial charge on any atom is -0.497 e. The summed E-state index contributed by atoms with van der Waals surface area (Å²) in [5.41, 5.74) is 0.766. The lowest BCUT2D eigenvalue weighted by atomic mass is 10.0. The van der Waals surface area contributed by atoms with Crippen LogP contribution in [0.2, 0.25) is 0 Å². The van der Waals surface area contributed by atoms with Gasteiger partial charge in [0.05, 0.1) is 7.11 Å². The topological polar surface area (TPSA) is 21.3 Å². The van der Waals surface area contributed by atoms with Crippen LogP contribution in [0.15, 0.2) is 18.2 Å². The molecule has 1 aromatic carbocycles. The van der Waals surface area contributed by atoms with Gasteiger partial charge in [0.2, 0.25) is 0 Å². The molecule has 0 aliphatic heterocycles. The predicted octanol–water partition coefficient (Wildman–Crippen LogP) is 3.14. The third kappa shape index (κ3) is 2.60. The van der Waals surface area contributed by atoms with Crippen molar-refractivity contribution in [3.8, 4) is 5.75 Å². The van der Waals surface area contributed by atoms with E-state index >= 15 is 0 Å². The molecule has 0 saturated heterocycles. The van der Waals surface area contributed by atoms with Gasteiger partial charge in [-0.2, -0.15) is 0 Å². The standard InChI is InChI=1S/C14H20FNO/c1-4-16-14(12-7-9(12)2)11-6-5-10(17-3)8-13(11)15/h5-6,8-9,12,14,16H,4,7H2,1-3H3. The van der Waals surface area contributed by atoms with Gasteiger partial charge in [-0.15, -0.1) is 0 Å². The second kappa shape index (κ2) is 5.05. The summed E-state index contributed by atoms with van der Waals surface area (Å²) >= 11 is 0. The molecule has 0 radical (unpaired) electrons. The Labute approximate surface area is 102 Å². The highest BCUT2D eigenvalue weighted by molar-refractivity contribution is 5.32. The van der Waals surface area contributed by atoms with Crippen LogP contribution in [-0.4, -0.2) is 13.7 Å². The fourth-order valence-corrected chi connectivity index (χ4v) is 2.41. The Hall–Kier alpha value is -1.09. The molecular weight excluding hydrogens is 217 g/mol. The molecule has 2 nitrogen and oxygen atoms in total. The van der Waals surface area contributed by atoms with Crippen LogP contribution in [-0.2, 0) is 0 Å². The third-order valence-corrected chi connectivity index (χ3v) is 3.57. The number of methoxy groups -OCH3 is 1. The zero-order valence-corrected chi connectivity index (χ0v) is 10.7. The lowest BCUT2D eigenvalue weighted by Crippen LogP contribution is -2.24. The van der Waals surface area contributed by atoms with Gasteiger partial charge in [-0.25, -0.2) is 4.39 Å². The van der Waals surface area contributed by atoms with E-state index in [4.69, 9.17) is 4.74 Å². The summed E-state index contributed by atoms with van der Waals surface area (Å²) in [5.74, 6) is 1.66. The van der Waals surface area contributed by atoms with Crippen molar-refractivity contribution in [2.45, 2.75) is 26.3 Å². The predicted molar refractivity (Wildman–Crippen MR) is 66.6 cm³/mol. The van der Waals surface area contributed by atoms with Crippen molar-refractivity contribution < 1.29 is 9.13 Å². The van der Waals surface area contributed by atoms with E-state index in [0.29, 0.717) is 17.6 Å². The number of halogens is 1. The van der Waals surface area contributed by atoms with Crippen molar-refractivity contribution in [1.29, 1.82) is 0 Å². The van der Waals surface area contributed by atoms with E-state index in [0.717, 1.165) is 12.1 Å². The fourth-order valence-electron chi connectivity index (χ4n) is 2.41. The zero-order chi connectivity index (χ0) is 12.4. The van der Waals surface area contributed by atoms with Gasteiger partial charge < -0.3 is 10.1 Å². The third-order valence-electron chi connectivity index (χ3n) is 3.57. The highest BCUT2D eigenvalue weighted by Crippen LogP contribution is 2.47. The Morgan fingerprint density at radius 2 is 2.24 bits per heavy atom. The molecule has 1 N–H and O–H groups in total. The molecule has 94 valence electrons. The molecule has 3 unspecified atom stereocenters. The van der Waals surface area contributed by atoms with Crippen LogP contribution in [0.1, 0.15) is 31.9 Å². The molecular formula is C14H20FNO. The molecule has 0 aromatic heterocycles. The smallest absolute Gasteiger partial charge is 0.131 e. The van der Waals surface area contributed by atoms with Gasteiger partial charge in [-0.05, 0) is 30.9 Å². The number of rotatable bonds is 5. The largest absolute Gasteiger partial charge is 0.497 e. The Morgan fingerprint density at radius 1 is 1.53 bits per heavy atom. The van der Waals surface area contributed by atoms with Gasteiger partial charge in [0, 0.05) is 17.7 Å². The van der Waals surface area contributed by atoms with Gasteiger partial charge in [0.1, 0.15) is 11.6 Å². The van der Waals surface area contributed by atoms with Crippen LogP contribution >= 0.6 is 0 Å². The van der Waals surface area contributed by atoms with Crippen LogP contribution in [0.4, 0.5) is 4.39 Å². The van der Waals surface area contributed by atoms with Gasteiger partial charge in [0.15, 0.2) is 0 Å². The Morgan fingerprint density at radius 3 is 2.71 bits per heavy atom. The first kappa shape index (κ1) is 12.4. The molecule has 17 heavy (non-hydrogen) atoms. The molecule has 0 spiro atoms. The molecule has 1 fully saturated rings. The van der Waals surface area contributed by atoms with Crippen LogP contribution in [0, 0.1) is 17.7 Å². The second-order valence-electron chi connectivity index (χ2n) is 4.80. The zero-order valence-electron chi connectivity index (χ0n) is 10.7. The first-order valence-electron chi connectivity index (χ1n) is 6.24. The normalized spacial score (nSPS) is 24.5. The maximum absolute atomic E-state index is 14.0. The van der Waals surface area contributed by atoms with Crippen LogP contribution < -0.4 is 10.1 Å². The molecule has 0 heterocycles. The lowest BCUT2D eigenvalue weighted by molar-refractivity contribution is 0.406. The lowest BCUT2D eigenvalue weighted by Gasteiger charge is -2.19. The maximum Gasteiger partial charge on any atom is 0.131 e. The van der Waals surface area contributed by atoms with Crippen molar-refractivity contribution in [3.05, 3.63) is 29.6 Å². The van der Waals surface area contributed by atoms with Crippen LogP contribution in [0.25, 0.3) is 0 Å². The van der Waals surface area contributed by atoms with Crippen molar-refractivity contribution in [1.82, 2.24) is 5.32 Å². The molecule has 1 saturated carbocycles. The summed E-state index contributed by atoms with van der Waals surface area (Å²) in [7, 11) is 1.55. The fraction of sp³-hybridized carbons (Fsp3) is 0.571. The van der Waals surface area contributed by atoms with Crippen LogP contribution in [0.5, 0.6) is 5.75 Å². The number of hydrogen-bond donors (Lipinski definition) is 1. The summed E-state index contributed by atoms with van der Waals surface area (Å²) in [6, 6.07) is 5.27. The van der Waals surface area contributed by atoms with E-state index in [2.05, 4.69) is 19.2 Å². The van der Waals surface area contributed by atoms with E-state index in [9.17, 15) is 4.39 Å². The minimum absolute atomic E-state index is 0.140. The van der Waals surface area contributed by atoms with Gasteiger partial charge in [-0.3, -0.25) is 0 Å². The van der Waals surface area contributed by atoms with E-state index in [1.807, 2.05) is 12.1 Å². The van der Waals surface area contributed by atoms with Gasteiger partial charge >= 0.3 is 0 Å². The molecule has 3 heteroatoms. The van der Waals surface area contributed by atoms with Crippen molar-refractivity contribution >= 4 is 0 Å². The molecule has 3 atom stereocenters. The number of benzene rings is 1. The quantitative estimate of drug-likeness (QED) is 0.849. The Bertz CT molecular complexity index is 394. The summed E-state index contributed by atoms with van der Waals surface area (Å²) in [6.45, 7) is 5.14. The minimum atomic E-state index is -0.172. The van der Waals surface area contributed by atoms with Gasteiger partial charge in [0.25, 0.3) is 0 Å². The number of nitrogens with one attached hydrogen (secondary N) is 1. The average molecular weight is 237 g/mol. The first-order valence-corrected chi connectivity index (χ1v) is 6.24. The molecule has 1 aromatic rings. The monoisotopic (exact) mass is 237 g/mol. The number of ether oxygens (including phenoxy) is 1. The summed E-state index contributed by atoms with van der Waals surface area (Å²) in [4.78, 5) is 0. The van der Waals surface area contributed by atoms with E-state index < -0.39 is 0 Å². The van der Waals surface area contributed by atoms with E-state index in [1.54, 1.807) is 7.11 Å². The van der Waals surface area contributed by atoms with Gasteiger partial charge in [-0.1, -0.05) is 19.9 Å². The maximum atomic E-state index is 14.0. The van der Waals surface area contributed by atoms with Crippen molar-refractivity contribution in [3.63, 3.8) is 0 Å². The molecule has 0 bridgehead atoms. The second-order valence-corrected chi connectivity index (χ2v) is 4.80. The van der Waals surface area contributed by atoms with E-state index in [-0.39, 0.29) is 11.9 Å². The van der Waals surface area contributed by atoms with Crippen LogP contribution in [0.3, 0.4) is 0 Å². The molecule has 1 aliphatic carbocycles. The highest BCUT2D eigenvalue weighted by Gasteiger charge is 2.40. The highest BCUT2D eigenvalue weighted by atomic mass is 19.1. The molecule has 0 amide bonds. The SMILES string of the molecule is CCNC(c1ccc(OC)cc1F)C1CC1C. The number of hydrogen-bond acceptors (Lipinski definition) is 2. The first-order chi connectivity index (χ1) is 8.17. The van der Waals surface area contributed by atoms with Crippen molar-refractivity contribution in [2.75, 3.05) is 13.7 Å². The molecule has 1 aliphatic rings. The Balaban J connectivity index is 2.23. The van der Waals surface area contributed by atoms with Crippen molar-refractivity contribution in [2.24, 2.45) is 11.8 Å². The summed E-state index contributed by atoms with van der Waals surface area (Å²) < 4.78 is 19.0. The van der Waals surface area contributed by atoms with E-state index in [1.165, 1.54) is 12.5 Å². The Kier molecular flexibility index (Phi) is 3.67. The molecule has 2 rings (SSSR count). The average Bonchev–Trinajstić information content (AvgIpc) is 3.03. The summed E-state index contributed by atoms with van der Waals surface area (Å²) in [6.07, 6.45) is 1.18.